The largest absolute Gasteiger partial charge is 0.383 e. The summed E-state index contributed by atoms with van der Waals surface area (Å²) in [6.45, 7) is 5.61. The second-order valence-corrected chi connectivity index (χ2v) is 4.79. The van der Waals surface area contributed by atoms with Crippen molar-refractivity contribution in [2.75, 3.05) is 20.3 Å². The number of rotatable bonds is 4. The van der Waals surface area contributed by atoms with E-state index in [1.807, 2.05) is 6.92 Å². The van der Waals surface area contributed by atoms with Crippen molar-refractivity contribution in [2.45, 2.75) is 44.9 Å². The maximum atomic E-state index is 5.49. The molecule has 0 radical (unpaired) electrons. The van der Waals surface area contributed by atoms with Gasteiger partial charge < -0.3 is 20.1 Å². The van der Waals surface area contributed by atoms with Crippen LogP contribution in [-0.4, -0.2) is 43.6 Å². The minimum absolute atomic E-state index is 0.238. The lowest BCUT2D eigenvalue weighted by Gasteiger charge is -2.29. The summed E-state index contributed by atoms with van der Waals surface area (Å²) < 4.78 is 10.5. The Balaban J connectivity index is 2.22. The maximum absolute atomic E-state index is 5.49. The Morgan fingerprint density at radius 1 is 1.62 bits per heavy atom. The number of hydrogen-bond acceptors (Lipinski definition) is 3. The molecular formula is C11H22N2O2S. The third kappa shape index (κ3) is 5.09. The van der Waals surface area contributed by atoms with Gasteiger partial charge in [-0.05, 0) is 38.9 Å². The Hall–Kier alpha value is -0.390. The predicted octanol–water partition coefficient (Wildman–Crippen LogP) is 1.05. The first kappa shape index (κ1) is 13.7. The lowest BCUT2D eigenvalue weighted by molar-refractivity contribution is 0.0166. The van der Waals surface area contributed by atoms with Gasteiger partial charge in [-0.15, -0.1) is 0 Å². The Bertz CT molecular complexity index is 226. The van der Waals surface area contributed by atoms with Crippen LogP contribution in [0, 0.1) is 0 Å². The first-order valence-corrected chi connectivity index (χ1v) is 6.20. The van der Waals surface area contributed by atoms with Gasteiger partial charge in [0.05, 0.1) is 12.7 Å². The average molecular weight is 246 g/mol. The highest BCUT2D eigenvalue weighted by atomic mass is 32.1. The Morgan fingerprint density at radius 2 is 2.38 bits per heavy atom. The highest BCUT2D eigenvalue weighted by Crippen LogP contribution is 2.12. The smallest absolute Gasteiger partial charge is 0.166 e. The monoisotopic (exact) mass is 246 g/mol. The number of nitrogens with one attached hydrogen (secondary N) is 2. The summed E-state index contributed by atoms with van der Waals surface area (Å²) in [5.74, 6) is 0. The van der Waals surface area contributed by atoms with Crippen LogP contribution in [0.4, 0.5) is 0 Å². The molecule has 0 bridgehead atoms. The highest BCUT2D eigenvalue weighted by Gasteiger charge is 2.19. The second-order valence-electron chi connectivity index (χ2n) is 4.38. The van der Waals surface area contributed by atoms with Crippen molar-refractivity contribution in [2.24, 2.45) is 0 Å². The van der Waals surface area contributed by atoms with Gasteiger partial charge >= 0.3 is 0 Å². The molecule has 1 saturated heterocycles. The zero-order valence-electron chi connectivity index (χ0n) is 10.3. The van der Waals surface area contributed by atoms with Crippen LogP contribution in [0.5, 0.6) is 0 Å². The van der Waals surface area contributed by atoms with Crippen molar-refractivity contribution >= 4 is 17.3 Å². The third-order valence-corrected chi connectivity index (χ3v) is 2.85. The van der Waals surface area contributed by atoms with Crippen molar-refractivity contribution in [3.05, 3.63) is 0 Å². The molecular weight excluding hydrogens is 224 g/mol. The van der Waals surface area contributed by atoms with Gasteiger partial charge in [-0.2, -0.15) is 0 Å². The number of ether oxygens (including phenoxy) is 2. The Kier molecular flexibility index (Phi) is 6.01. The molecule has 0 aromatic carbocycles. The fourth-order valence-corrected chi connectivity index (χ4v) is 2.24. The van der Waals surface area contributed by atoms with Crippen molar-refractivity contribution in [3.8, 4) is 0 Å². The van der Waals surface area contributed by atoms with E-state index in [1.165, 1.54) is 0 Å². The Labute approximate surface area is 103 Å². The minimum Gasteiger partial charge on any atom is -0.383 e. The first-order valence-electron chi connectivity index (χ1n) is 5.79. The van der Waals surface area contributed by atoms with Crippen molar-refractivity contribution in [1.29, 1.82) is 0 Å². The van der Waals surface area contributed by atoms with Crippen LogP contribution >= 0.6 is 12.2 Å². The fraction of sp³-hybridized carbons (Fsp3) is 0.909. The molecule has 3 unspecified atom stereocenters. The van der Waals surface area contributed by atoms with Gasteiger partial charge in [-0.25, -0.2) is 0 Å². The molecule has 5 heteroatoms. The summed E-state index contributed by atoms with van der Waals surface area (Å²) >= 11 is 5.25. The topological polar surface area (TPSA) is 42.5 Å². The minimum atomic E-state index is 0.238. The van der Waals surface area contributed by atoms with E-state index in [1.54, 1.807) is 7.11 Å². The summed E-state index contributed by atoms with van der Waals surface area (Å²) in [6.07, 6.45) is 2.36. The predicted molar refractivity (Wildman–Crippen MR) is 68.6 cm³/mol. The number of hydrogen-bond donors (Lipinski definition) is 2. The van der Waals surface area contributed by atoms with E-state index in [0.717, 1.165) is 19.4 Å². The first-order chi connectivity index (χ1) is 7.61. The van der Waals surface area contributed by atoms with Crippen LogP contribution in [0.3, 0.4) is 0 Å². The quantitative estimate of drug-likeness (QED) is 0.726. The molecule has 0 amide bonds. The molecule has 1 aliphatic heterocycles. The molecule has 1 heterocycles. The van der Waals surface area contributed by atoms with E-state index >= 15 is 0 Å². The van der Waals surface area contributed by atoms with Gasteiger partial charge in [0.15, 0.2) is 5.11 Å². The molecule has 94 valence electrons. The summed E-state index contributed by atoms with van der Waals surface area (Å²) in [5.41, 5.74) is 0. The molecule has 16 heavy (non-hydrogen) atoms. The number of methoxy groups -OCH3 is 1. The lowest BCUT2D eigenvalue weighted by atomic mass is 10.0. The molecule has 2 N–H and O–H groups in total. The van der Waals surface area contributed by atoms with E-state index in [4.69, 9.17) is 21.7 Å². The highest BCUT2D eigenvalue weighted by molar-refractivity contribution is 7.80. The summed E-state index contributed by atoms with van der Waals surface area (Å²) in [7, 11) is 1.69. The maximum Gasteiger partial charge on any atom is 0.166 e. The molecule has 0 aromatic heterocycles. The van der Waals surface area contributed by atoms with Gasteiger partial charge in [0.2, 0.25) is 0 Å². The van der Waals surface area contributed by atoms with E-state index in [9.17, 15) is 0 Å². The zero-order chi connectivity index (χ0) is 12.0. The fourth-order valence-electron chi connectivity index (χ4n) is 1.87. The van der Waals surface area contributed by atoms with E-state index in [0.29, 0.717) is 23.9 Å². The molecule has 3 atom stereocenters. The standard InChI is InChI=1S/C11H22N2O2S/c1-8(7-14-3)12-11(16)13-10-4-5-15-9(2)6-10/h8-10H,4-7H2,1-3H3,(H2,12,13,16). The molecule has 1 rings (SSSR count). The molecule has 0 saturated carbocycles. The van der Waals surface area contributed by atoms with Gasteiger partial charge in [0.25, 0.3) is 0 Å². The molecule has 0 aliphatic carbocycles. The van der Waals surface area contributed by atoms with Gasteiger partial charge in [0.1, 0.15) is 0 Å². The van der Waals surface area contributed by atoms with E-state index < -0.39 is 0 Å². The third-order valence-electron chi connectivity index (χ3n) is 2.61. The van der Waals surface area contributed by atoms with Gasteiger partial charge in [0, 0.05) is 25.8 Å². The lowest BCUT2D eigenvalue weighted by Crippen LogP contribution is -2.48. The molecule has 0 spiro atoms. The van der Waals surface area contributed by atoms with Crippen LogP contribution in [0.2, 0.25) is 0 Å². The van der Waals surface area contributed by atoms with E-state index in [-0.39, 0.29) is 6.04 Å². The number of thiocarbonyl (C=S) groups is 1. The van der Waals surface area contributed by atoms with Crippen LogP contribution < -0.4 is 10.6 Å². The molecule has 1 aliphatic rings. The Morgan fingerprint density at radius 3 is 3.00 bits per heavy atom. The van der Waals surface area contributed by atoms with Crippen LogP contribution in [0.25, 0.3) is 0 Å². The SMILES string of the molecule is COCC(C)NC(=S)NC1CCOC(C)C1. The second kappa shape index (κ2) is 7.04. The molecule has 1 fully saturated rings. The van der Waals surface area contributed by atoms with Crippen molar-refractivity contribution in [3.63, 3.8) is 0 Å². The molecule has 4 nitrogen and oxygen atoms in total. The normalized spacial score (nSPS) is 27.2. The van der Waals surface area contributed by atoms with Crippen molar-refractivity contribution in [1.82, 2.24) is 10.6 Å². The summed E-state index contributed by atoms with van der Waals surface area (Å²) in [6, 6.07) is 0.667. The van der Waals surface area contributed by atoms with Crippen LogP contribution in [-0.2, 0) is 9.47 Å². The van der Waals surface area contributed by atoms with Gasteiger partial charge in [-0.3, -0.25) is 0 Å². The zero-order valence-corrected chi connectivity index (χ0v) is 11.1. The van der Waals surface area contributed by atoms with Crippen LogP contribution in [0.15, 0.2) is 0 Å². The van der Waals surface area contributed by atoms with Crippen molar-refractivity contribution < 1.29 is 9.47 Å². The summed E-state index contributed by atoms with van der Waals surface area (Å²) in [5, 5.41) is 7.23. The van der Waals surface area contributed by atoms with Gasteiger partial charge in [-0.1, -0.05) is 0 Å². The molecule has 0 aromatic rings. The van der Waals surface area contributed by atoms with Crippen LogP contribution in [0.1, 0.15) is 26.7 Å². The average Bonchev–Trinajstić information content (AvgIpc) is 2.17. The van der Waals surface area contributed by atoms with E-state index in [2.05, 4.69) is 17.6 Å². The summed E-state index contributed by atoms with van der Waals surface area (Å²) in [4.78, 5) is 0.